The maximum Gasteiger partial charge on any atom is 0.228 e. The van der Waals surface area contributed by atoms with Gasteiger partial charge in [0.2, 0.25) is 5.91 Å². The summed E-state index contributed by atoms with van der Waals surface area (Å²) in [6.07, 6.45) is 4.09. The Bertz CT molecular complexity index is 957. The van der Waals surface area contributed by atoms with Gasteiger partial charge in [-0.1, -0.05) is 36.4 Å². The van der Waals surface area contributed by atoms with E-state index in [2.05, 4.69) is 11.1 Å². The van der Waals surface area contributed by atoms with Gasteiger partial charge in [-0.15, -0.1) is 0 Å². The van der Waals surface area contributed by atoms with E-state index in [1.807, 2.05) is 59.5 Å². The van der Waals surface area contributed by atoms with Crippen molar-refractivity contribution in [2.45, 2.75) is 31.8 Å². The van der Waals surface area contributed by atoms with Crippen LogP contribution in [-0.4, -0.2) is 39.0 Å². The third-order valence-electron chi connectivity index (χ3n) is 5.45. The second-order valence-corrected chi connectivity index (χ2v) is 7.48. The monoisotopic (exact) mass is 387 g/mol. The van der Waals surface area contributed by atoms with Crippen molar-refractivity contribution >= 4 is 5.91 Å². The summed E-state index contributed by atoms with van der Waals surface area (Å²) >= 11 is 0. The van der Waals surface area contributed by atoms with Gasteiger partial charge in [-0.25, -0.2) is 0 Å². The Morgan fingerprint density at radius 1 is 1.07 bits per heavy atom. The highest BCUT2D eigenvalue weighted by Crippen LogP contribution is 2.28. The van der Waals surface area contributed by atoms with Gasteiger partial charge in [-0.3, -0.25) is 14.8 Å². The standard InChI is InChI=1S/C24H25N3O2/c28-17-18-9-11-19(12-10-18)22-7-3-8-23(26-22)20-5-4-14-27(16-20)24(29)15-21-6-1-2-13-25-21/h1-3,6-13,20,28H,4-5,14-17H2/t20-/m0/s1. The second-order valence-electron chi connectivity index (χ2n) is 7.48. The highest BCUT2D eigenvalue weighted by atomic mass is 16.3. The zero-order valence-corrected chi connectivity index (χ0v) is 16.4. The fourth-order valence-electron chi connectivity index (χ4n) is 3.84. The zero-order valence-electron chi connectivity index (χ0n) is 16.4. The number of hydrogen-bond acceptors (Lipinski definition) is 4. The van der Waals surface area contributed by atoms with E-state index < -0.39 is 0 Å². The molecule has 2 aromatic heterocycles. The van der Waals surface area contributed by atoms with Crippen molar-refractivity contribution in [2.75, 3.05) is 13.1 Å². The number of aliphatic hydroxyl groups excluding tert-OH is 1. The number of carbonyl (C=O) groups excluding carboxylic acids is 1. The molecule has 1 fully saturated rings. The Hall–Kier alpha value is -3.05. The predicted octanol–water partition coefficient (Wildman–Crippen LogP) is 3.58. The third-order valence-corrected chi connectivity index (χ3v) is 5.45. The van der Waals surface area contributed by atoms with Gasteiger partial charge < -0.3 is 10.0 Å². The van der Waals surface area contributed by atoms with Gasteiger partial charge in [0.15, 0.2) is 0 Å². The number of hydrogen-bond donors (Lipinski definition) is 1. The SMILES string of the molecule is O=C(Cc1ccccn1)N1CCC[C@H](c2cccc(-c3ccc(CO)cc3)n2)C1. The number of carbonyl (C=O) groups is 1. The number of pyridine rings is 2. The van der Waals surface area contributed by atoms with Crippen LogP contribution >= 0.6 is 0 Å². The second kappa shape index (κ2) is 8.97. The van der Waals surface area contributed by atoms with Crippen LogP contribution in [0, 0.1) is 0 Å². The van der Waals surface area contributed by atoms with E-state index in [1.165, 1.54) is 0 Å². The minimum Gasteiger partial charge on any atom is -0.392 e. The first-order chi connectivity index (χ1) is 14.2. The summed E-state index contributed by atoms with van der Waals surface area (Å²) in [7, 11) is 0. The molecule has 0 aliphatic carbocycles. The van der Waals surface area contributed by atoms with Gasteiger partial charge in [0.1, 0.15) is 0 Å². The molecule has 29 heavy (non-hydrogen) atoms. The van der Waals surface area contributed by atoms with Gasteiger partial charge in [0.05, 0.1) is 18.7 Å². The van der Waals surface area contributed by atoms with Crippen LogP contribution in [0.2, 0.25) is 0 Å². The molecule has 1 aromatic carbocycles. The van der Waals surface area contributed by atoms with Crippen LogP contribution in [-0.2, 0) is 17.8 Å². The number of aliphatic hydroxyl groups is 1. The van der Waals surface area contributed by atoms with Crippen molar-refractivity contribution in [1.29, 1.82) is 0 Å². The first-order valence-corrected chi connectivity index (χ1v) is 10.1. The van der Waals surface area contributed by atoms with E-state index in [9.17, 15) is 9.90 Å². The van der Waals surface area contributed by atoms with Crippen molar-refractivity contribution in [1.82, 2.24) is 14.9 Å². The van der Waals surface area contributed by atoms with Gasteiger partial charge in [-0.2, -0.15) is 0 Å². The van der Waals surface area contributed by atoms with Crippen molar-refractivity contribution < 1.29 is 9.90 Å². The lowest BCUT2D eigenvalue weighted by Crippen LogP contribution is -2.40. The number of amides is 1. The Morgan fingerprint density at radius 2 is 1.93 bits per heavy atom. The molecular weight excluding hydrogens is 362 g/mol. The molecule has 1 aliphatic rings. The van der Waals surface area contributed by atoms with Crippen LogP contribution in [0.25, 0.3) is 11.3 Å². The minimum absolute atomic E-state index is 0.0399. The van der Waals surface area contributed by atoms with Gasteiger partial charge in [0, 0.05) is 42.2 Å². The van der Waals surface area contributed by atoms with Gasteiger partial charge in [-0.05, 0) is 42.7 Å². The summed E-state index contributed by atoms with van der Waals surface area (Å²) < 4.78 is 0. The quantitative estimate of drug-likeness (QED) is 0.727. The average molecular weight is 387 g/mol. The summed E-state index contributed by atoms with van der Waals surface area (Å²) in [5, 5.41) is 9.22. The molecule has 3 aromatic rings. The topological polar surface area (TPSA) is 66.3 Å². The smallest absolute Gasteiger partial charge is 0.228 e. The Kier molecular flexibility index (Phi) is 5.96. The Balaban J connectivity index is 1.47. The number of likely N-dealkylation sites (tertiary alicyclic amines) is 1. The number of nitrogens with zero attached hydrogens (tertiary/aromatic N) is 3. The van der Waals surface area contributed by atoms with E-state index in [4.69, 9.17) is 4.98 Å². The first-order valence-electron chi connectivity index (χ1n) is 10.1. The summed E-state index contributed by atoms with van der Waals surface area (Å²) in [4.78, 5) is 23.8. The van der Waals surface area contributed by atoms with Gasteiger partial charge in [0.25, 0.3) is 0 Å². The molecule has 4 rings (SSSR count). The lowest BCUT2D eigenvalue weighted by atomic mass is 9.93. The largest absolute Gasteiger partial charge is 0.392 e. The fourth-order valence-corrected chi connectivity index (χ4v) is 3.84. The lowest BCUT2D eigenvalue weighted by Gasteiger charge is -2.32. The van der Waals surface area contributed by atoms with Crippen molar-refractivity contribution in [3.05, 3.63) is 83.8 Å². The molecule has 1 atom stereocenters. The average Bonchev–Trinajstić information content (AvgIpc) is 2.80. The highest BCUT2D eigenvalue weighted by molar-refractivity contribution is 5.78. The van der Waals surface area contributed by atoms with Crippen LogP contribution in [0.3, 0.4) is 0 Å². The molecule has 0 unspecified atom stereocenters. The lowest BCUT2D eigenvalue weighted by molar-refractivity contribution is -0.131. The van der Waals surface area contributed by atoms with Crippen molar-refractivity contribution in [3.63, 3.8) is 0 Å². The van der Waals surface area contributed by atoms with Crippen LogP contribution in [0.4, 0.5) is 0 Å². The summed E-state index contributed by atoms with van der Waals surface area (Å²) in [5.41, 5.74) is 4.68. The van der Waals surface area contributed by atoms with E-state index >= 15 is 0 Å². The van der Waals surface area contributed by atoms with E-state index in [0.717, 1.165) is 47.6 Å². The minimum atomic E-state index is 0.0399. The molecule has 0 saturated carbocycles. The maximum atomic E-state index is 12.7. The molecule has 5 heteroatoms. The zero-order chi connectivity index (χ0) is 20.1. The van der Waals surface area contributed by atoms with Crippen LogP contribution in [0.1, 0.15) is 35.7 Å². The summed E-state index contributed by atoms with van der Waals surface area (Å²) in [6.45, 7) is 1.54. The molecule has 1 saturated heterocycles. The van der Waals surface area contributed by atoms with E-state index in [-0.39, 0.29) is 18.4 Å². The molecular formula is C24H25N3O2. The van der Waals surface area contributed by atoms with Crippen LogP contribution < -0.4 is 0 Å². The Labute approximate surface area is 171 Å². The predicted molar refractivity (Wildman–Crippen MR) is 112 cm³/mol. The number of rotatable bonds is 5. The van der Waals surface area contributed by atoms with E-state index in [1.54, 1.807) is 6.20 Å². The number of benzene rings is 1. The Morgan fingerprint density at radius 3 is 2.69 bits per heavy atom. The number of aromatic nitrogens is 2. The van der Waals surface area contributed by atoms with Crippen LogP contribution in [0.15, 0.2) is 66.9 Å². The molecule has 1 N–H and O–H groups in total. The fraction of sp³-hybridized carbons (Fsp3) is 0.292. The van der Waals surface area contributed by atoms with Crippen molar-refractivity contribution in [2.24, 2.45) is 0 Å². The van der Waals surface area contributed by atoms with Crippen molar-refractivity contribution in [3.8, 4) is 11.3 Å². The van der Waals surface area contributed by atoms with Crippen LogP contribution in [0.5, 0.6) is 0 Å². The first kappa shape index (κ1) is 19.3. The molecule has 0 spiro atoms. The maximum absolute atomic E-state index is 12.7. The van der Waals surface area contributed by atoms with E-state index in [0.29, 0.717) is 13.0 Å². The molecule has 1 amide bonds. The highest BCUT2D eigenvalue weighted by Gasteiger charge is 2.26. The molecule has 3 heterocycles. The molecule has 1 aliphatic heterocycles. The normalized spacial score (nSPS) is 16.6. The summed E-state index contributed by atoms with van der Waals surface area (Å²) in [6, 6.07) is 19.6. The third kappa shape index (κ3) is 4.69. The molecule has 5 nitrogen and oxygen atoms in total. The molecule has 0 radical (unpaired) electrons. The number of piperidine rings is 1. The van der Waals surface area contributed by atoms with Gasteiger partial charge >= 0.3 is 0 Å². The molecule has 148 valence electrons. The molecule has 0 bridgehead atoms. The summed E-state index contributed by atoms with van der Waals surface area (Å²) in [5.74, 6) is 0.372.